The number of nitrogens with zero attached hydrogens (tertiary/aromatic N) is 2. The van der Waals surface area contributed by atoms with Gasteiger partial charge in [-0.3, -0.25) is 0 Å². The van der Waals surface area contributed by atoms with E-state index in [1.165, 1.54) is 0 Å². The number of aromatic nitrogens is 2. The molecule has 1 heterocycles. The molecular weight excluding hydrogens is 270 g/mol. The third kappa shape index (κ3) is 2.67. The predicted molar refractivity (Wildman–Crippen MR) is 80.0 cm³/mol. The lowest BCUT2D eigenvalue weighted by Gasteiger charge is -2.20. The molecule has 6 nitrogen and oxygen atoms in total. The molecule has 2 rings (SSSR count). The maximum Gasteiger partial charge on any atom is 0.203 e. The molecule has 0 amide bonds. The monoisotopic (exact) mass is 291 g/mol. The fourth-order valence-corrected chi connectivity index (χ4v) is 2.38. The van der Waals surface area contributed by atoms with Crippen LogP contribution in [0.1, 0.15) is 24.4 Å². The van der Waals surface area contributed by atoms with E-state index in [0.717, 1.165) is 17.9 Å². The van der Waals surface area contributed by atoms with Crippen molar-refractivity contribution in [3.63, 3.8) is 0 Å². The van der Waals surface area contributed by atoms with Gasteiger partial charge in [-0.25, -0.2) is 4.98 Å². The third-order valence-corrected chi connectivity index (χ3v) is 3.44. The highest BCUT2D eigenvalue weighted by Gasteiger charge is 2.23. The molecule has 114 valence electrons. The first-order valence-electron chi connectivity index (χ1n) is 6.73. The smallest absolute Gasteiger partial charge is 0.203 e. The molecule has 0 aliphatic heterocycles. The Balaban J connectivity index is 2.53. The average molecular weight is 291 g/mol. The maximum atomic E-state index is 6.37. The number of benzene rings is 1. The van der Waals surface area contributed by atoms with Gasteiger partial charge in [-0.05, 0) is 19.1 Å². The van der Waals surface area contributed by atoms with Crippen molar-refractivity contribution in [2.24, 2.45) is 5.73 Å². The van der Waals surface area contributed by atoms with E-state index in [2.05, 4.69) is 4.98 Å². The number of ether oxygens (including phenoxy) is 3. The molecule has 0 fully saturated rings. The summed E-state index contributed by atoms with van der Waals surface area (Å²) in [5.41, 5.74) is 7.17. The van der Waals surface area contributed by atoms with Crippen LogP contribution in [0.3, 0.4) is 0 Å². The molecule has 0 bridgehead atoms. The fourth-order valence-electron chi connectivity index (χ4n) is 2.38. The highest BCUT2D eigenvalue weighted by molar-refractivity contribution is 5.57. The van der Waals surface area contributed by atoms with Crippen molar-refractivity contribution >= 4 is 0 Å². The van der Waals surface area contributed by atoms with Crippen molar-refractivity contribution in [3.8, 4) is 17.2 Å². The molecule has 0 saturated heterocycles. The van der Waals surface area contributed by atoms with E-state index < -0.39 is 6.04 Å². The second-order valence-corrected chi connectivity index (χ2v) is 4.47. The van der Waals surface area contributed by atoms with Crippen LogP contribution in [-0.4, -0.2) is 30.9 Å². The number of hydrogen-bond acceptors (Lipinski definition) is 5. The largest absolute Gasteiger partial charge is 0.493 e. The summed E-state index contributed by atoms with van der Waals surface area (Å²) in [6.07, 6.45) is 3.65. The number of nitrogens with two attached hydrogens (primary N) is 1. The summed E-state index contributed by atoms with van der Waals surface area (Å²) in [7, 11) is 4.74. The van der Waals surface area contributed by atoms with Crippen LogP contribution in [0.5, 0.6) is 17.2 Å². The third-order valence-electron chi connectivity index (χ3n) is 3.44. The molecule has 0 spiro atoms. The molecule has 1 aromatic carbocycles. The van der Waals surface area contributed by atoms with Crippen molar-refractivity contribution in [3.05, 3.63) is 35.9 Å². The first kappa shape index (κ1) is 15.2. The van der Waals surface area contributed by atoms with Gasteiger partial charge in [0.05, 0.1) is 27.4 Å². The van der Waals surface area contributed by atoms with Gasteiger partial charge < -0.3 is 24.5 Å². The number of aryl methyl sites for hydroxylation is 1. The van der Waals surface area contributed by atoms with E-state index in [-0.39, 0.29) is 0 Å². The Morgan fingerprint density at radius 2 is 1.86 bits per heavy atom. The lowest BCUT2D eigenvalue weighted by Crippen LogP contribution is -2.18. The van der Waals surface area contributed by atoms with Crippen molar-refractivity contribution in [1.82, 2.24) is 9.55 Å². The minimum absolute atomic E-state index is 0.408. The first-order chi connectivity index (χ1) is 10.2. The molecule has 2 aromatic rings. The van der Waals surface area contributed by atoms with Crippen molar-refractivity contribution in [2.75, 3.05) is 21.3 Å². The van der Waals surface area contributed by atoms with E-state index in [9.17, 15) is 0 Å². The first-order valence-corrected chi connectivity index (χ1v) is 6.73. The van der Waals surface area contributed by atoms with Crippen LogP contribution in [-0.2, 0) is 6.54 Å². The summed E-state index contributed by atoms with van der Waals surface area (Å²) in [5, 5.41) is 0. The summed E-state index contributed by atoms with van der Waals surface area (Å²) in [6, 6.07) is 3.28. The lowest BCUT2D eigenvalue weighted by molar-refractivity contribution is 0.321. The number of imidazole rings is 1. The Morgan fingerprint density at radius 3 is 2.43 bits per heavy atom. The molecule has 0 radical (unpaired) electrons. The highest BCUT2D eigenvalue weighted by atomic mass is 16.5. The summed E-state index contributed by atoms with van der Waals surface area (Å²) in [4.78, 5) is 4.35. The van der Waals surface area contributed by atoms with Crippen LogP contribution >= 0.6 is 0 Å². The molecule has 21 heavy (non-hydrogen) atoms. The van der Waals surface area contributed by atoms with Crippen molar-refractivity contribution < 1.29 is 14.2 Å². The predicted octanol–water partition coefficient (Wildman–Crippen LogP) is 1.98. The minimum atomic E-state index is -0.408. The zero-order chi connectivity index (χ0) is 15.4. The van der Waals surface area contributed by atoms with Gasteiger partial charge in [0.25, 0.3) is 0 Å². The number of hydrogen-bond donors (Lipinski definition) is 1. The van der Waals surface area contributed by atoms with Gasteiger partial charge in [0.15, 0.2) is 11.5 Å². The topological polar surface area (TPSA) is 71.5 Å². The Bertz CT molecular complexity index is 610. The van der Waals surface area contributed by atoms with E-state index in [1.807, 2.05) is 29.8 Å². The Labute approximate surface area is 124 Å². The quantitative estimate of drug-likeness (QED) is 0.881. The van der Waals surface area contributed by atoms with Gasteiger partial charge in [0.2, 0.25) is 5.75 Å². The van der Waals surface area contributed by atoms with Crippen LogP contribution < -0.4 is 19.9 Å². The molecule has 6 heteroatoms. The fraction of sp³-hybridized carbons (Fsp3) is 0.400. The zero-order valence-electron chi connectivity index (χ0n) is 12.8. The van der Waals surface area contributed by atoms with Gasteiger partial charge in [0, 0.05) is 24.5 Å². The highest BCUT2D eigenvalue weighted by Crippen LogP contribution is 2.42. The molecule has 0 aliphatic carbocycles. The SMILES string of the molecule is CCn1ccnc1C(N)c1ccc(OC)c(OC)c1OC. The Kier molecular flexibility index (Phi) is 4.70. The van der Waals surface area contributed by atoms with Crippen molar-refractivity contribution in [2.45, 2.75) is 19.5 Å². The van der Waals surface area contributed by atoms with Gasteiger partial charge in [-0.2, -0.15) is 0 Å². The lowest BCUT2D eigenvalue weighted by atomic mass is 10.0. The Hall–Kier alpha value is -2.21. The summed E-state index contributed by atoms with van der Waals surface area (Å²) < 4.78 is 18.2. The normalized spacial score (nSPS) is 12.0. The molecule has 0 aliphatic rings. The standard InChI is InChI=1S/C15H21N3O3/c1-5-18-9-8-17-15(18)12(16)10-6-7-11(19-2)14(21-4)13(10)20-3/h6-9,12H,5,16H2,1-4H3. The maximum absolute atomic E-state index is 6.37. The minimum Gasteiger partial charge on any atom is -0.493 e. The molecule has 1 unspecified atom stereocenters. The average Bonchev–Trinajstić information content (AvgIpc) is 3.00. The van der Waals surface area contributed by atoms with Crippen LogP contribution in [0.15, 0.2) is 24.5 Å². The van der Waals surface area contributed by atoms with E-state index in [0.29, 0.717) is 17.2 Å². The Morgan fingerprint density at radius 1 is 1.14 bits per heavy atom. The van der Waals surface area contributed by atoms with Crippen LogP contribution in [0, 0.1) is 0 Å². The number of methoxy groups -OCH3 is 3. The van der Waals surface area contributed by atoms with E-state index >= 15 is 0 Å². The molecule has 1 atom stereocenters. The number of rotatable bonds is 6. The van der Waals surface area contributed by atoms with Gasteiger partial charge in [-0.1, -0.05) is 0 Å². The van der Waals surface area contributed by atoms with Crippen molar-refractivity contribution in [1.29, 1.82) is 0 Å². The van der Waals surface area contributed by atoms with Gasteiger partial charge in [0.1, 0.15) is 5.82 Å². The molecular formula is C15H21N3O3. The molecule has 1 aromatic heterocycles. The van der Waals surface area contributed by atoms with Gasteiger partial charge in [-0.15, -0.1) is 0 Å². The summed E-state index contributed by atoms with van der Waals surface area (Å²) in [6.45, 7) is 2.85. The van der Waals surface area contributed by atoms with E-state index in [4.69, 9.17) is 19.9 Å². The van der Waals surface area contributed by atoms with Crippen LogP contribution in [0.4, 0.5) is 0 Å². The molecule has 0 saturated carbocycles. The summed E-state index contributed by atoms with van der Waals surface area (Å²) >= 11 is 0. The second-order valence-electron chi connectivity index (χ2n) is 4.47. The van der Waals surface area contributed by atoms with E-state index in [1.54, 1.807) is 27.5 Å². The summed E-state index contributed by atoms with van der Waals surface area (Å²) in [5.74, 6) is 2.48. The van der Waals surface area contributed by atoms with Gasteiger partial charge >= 0.3 is 0 Å². The van der Waals surface area contributed by atoms with Crippen LogP contribution in [0.25, 0.3) is 0 Å². The van der Waals surface area contributed by atoms with Crippen LogP contribution in [0.2, 0.25) is 0 Å². The second kappa shape index (κ2) is 6.49. The zero-order valence-corrected chi connectivity index (χ0v) is 12.8. The molecule has 2 N–H and O–H groups in total.